The fourth-order valence-corrected chi connectivity index (χ4v) is 3.46. The van der Waals surface area contributed by atoms with Gasteiger partial charge in [0.1, 0.15) is 24.0 Å². The first-order valence-corrected chi connectivity index (χ1v) is 9.10. The SMILES string of the molecule is O=C([O-])c1csc(Cc2cc(Br)ccc2OCc2ccc(F)cc2F)n1.[Na+]. The summed E-state index contributed by atoms with van der Waals surface area (Å²) in [5.41, 5.74) is 0.866. The van der Waals surface area contributed by atoms with Crippen LogP contribution in [0.2, 0.25) is 0 Å². The molecule has 0 N–H and O–H groups in total. The quantitative estimate of drug-likeness (QED) is 0.507. The van der Waals surface area contributed by atoms with E-state index in [1.807, 2.05) is 6.07 Å². The molecule has 134 valence electrons. The number of hydrogen-bond acceptors (Lipinski definition) is 5. The average molecular weight is 462 g/mol. The largest absolute Gasteiger partial charge is 1.00 e. The van der Waals surface area contributed by atoms with Gasteiger partial charge < -0.3 is 14.6 Å². The fourth-order valence-electron chi connectivity index (χ4n) is 2.27. The average Bonchev–Trinajstić information content (AvgIpc) is 3.04. The first-order valence-electron chi connectivity index (χ1n) is 7.43. The van der Waals surface area contributed by atoms with Crippen LogP contribution < -0.4 is 39.4 Å². The standard InChI is InChI=1S/C18H12BrF2NO3S.Na/c19-12-2-4-16(25-8-10-1-3-13(20)7-14(10)21)11(5-12)6-17-22-15(9-26-17)18(23)24;/h1-5,7,9H,6,8H2,(H,23,24);/q;+1/p-1. The Bertz CT molecular complexity index is 968. The zero-order valence-corrected chi connectivity index (χ0v) is 18.6. The molecule has 0 radical (unpaired) electrons. The van der Waals surface area contributed by atoms with Gasteiger partial charge in [-0.25, -0.2) is 13.8 Å². The van der Waals surface area contributed by atoms with Crippen LogP contribution in [0.25, 0.3) is 0 Å². The van der Waals surface area contributed by atoms with E-state index in [1.54, 1.807) is 12.1 Å². The molecule has 1 aromatic heterocycles. The smallest absolute Gasteiger partial charge is 0.543 e. The molecule has 1 heterocycles. The van der Waals surface area contributed by atoms with Gasteiger partial charge in [0.25, 0.3) is 0 Å². The van der Waals surface area contributed by atoms with E-state index >= 15 is 0 Å². The molecule has 0 fully saturated rings. The first-order chi connectivity index (χ1) is 12.4. The fraction of sp³-hybridized carbons (Fsp3) is 0.111. The summed E-state index contributed by atoms with van der Waals surface area (Å²) in [4.78, 5) is 14.8. The maximum absolute atomic E-state index is 13.7. The zero-order chi connectivity index (χ0) is 18.7. The summed E-state index contributed by atoms with van der Waals surface area (Å²) in [5.74, 6) is -2.16. The minimum atomic E-state index is -1.33. The Balaban J connectivity index is 0.00000261. The number of carbonyl (C=O) groups excluding carboxylic acids is 1. The minimum Gasteiger partial charge on any atom is -0.543 e. The van der Waals surface area contributed by atoms with Gasteiger partial charge in [0, 0.05) is 33.5 Å². The van der Waals surface area contributed by atoms with E-state index in [-0.39, 0.29) is 47.4 Å². The second kappa shape index (κ2) is 9.75. The molecular weight excluding hydrogens is 451 g/mol. The van der Waals surface area contributed by atoms with Crippen LogP contribution in [0, 0.1) is 11.6 Å². The monoisotopic (exact) mass is 461 g/mol. The number of benzene rings is 2. The molecule has 0 spiro atoms. The minimum absolute atomic E-state index is 0. The number of rotatable bonds is 6. The molecule has 0 amide bonds. The molecule has 0 bridgehead atoms. The third-order valence-corrected chi connectivity index (χ3v) is 4.87. The molecule has 2 aromatic carbocycles. The number of carbonyl (C=O) groups is 1. The van der Waals surface area contributed by atoms with Crippen LogP contribution in [-0.2, 0) is 13.0 Å². The van der Waals surface area contributed by atoms with Gasteiger partial charge in [0.15, 0.2) is 0 Å². The molecule has 0 unspecified atom stereocenters. The Morgan fingerprint density at radius 1 is 1.19 bits per heavy atom. The van der Waals surface area contributed by atoms with Crippen molar-refractivity contribution in [3.63, 3.8) is 0 Å². The maximum Gasteiger partial charge on any atom is 1.00 e. The van der Waals surface area contributed by atoms with Gasteiger partial charge >= 0.3 is 29.6 Å². The maximum atomic E-state index is 13.7. The van der Waals surface area contributed by atoms with Crippen molar-refractivity contribution >= 4 is 33.2 Å². The Kier molecular flexibility index (Phi) is 7.93. The van der Waals surface area contributed by atoms with Crippen LogP contribution >= 0.6 is 27.3 Å². The van der Waals surface area contributed by atoms with Crippen LogP contribution in [0.1, 0.15) is 26.6 Å². The second-order valence-corrected chi connectivity index (χ2v) is 7.23. The van der Waals surface area contributed by atoms with Crippen LogP contribution in [0.4, 0.5) is 8.78 Å². The van der Waals surface area contributed by atoms with Crippen molar-refractivity contribution in [1.29, 1.82) is 0 Å². The molecule has 4 nitrogen and oxygen atoms in total. The molecule has 0 aliphatic carbocycles. The molecule has 0 aliphatic heterocycles. The first kappa shape index (κ1) is 22.0. The molecule has 27 heavy (non-hydrogen) atoms. The summed E-state index contributed by atoms with van der Waals surface area (Å²) in [5, 5.41) is 12.8. The van der Waals surface area contributed by atoms with E-state index in [4.69, 9.17) is 4.74 Å². The van der Waals surface area contributed by atoms with Crippen LogP contribution in [0.3, 0.4) is 0 Å². The van der Waals surface area contributed by atoms with E-state index in [0.717, 1.165) is 16.1 Å². The number of hydrogen-bond donors (Lipinski definition) is 0. The van der Waals surface area contributed by atoms with Gasteiger partial charge in [-0.05, 0) is 30.3 Å². The molecule has 0 saturated carbocycles. The van der Waals surface area contributed by atoms with Gasteiger partial charge in [0.05, 0.1) is 16.7 Å². The Labute approximate surface area is 188 Å². The van der Waals surface area contributed by atoms with Crippen molar-refractivity contribution in [2.75, 3.05) is 0 Å². The Morgan fingerprint density at radius 3 is 2.63 bits per heavy atom. The topological polar surface area (TPSA) is 62.2 Å². The molecule has 3 aromatic rings. The number of thiazole rings is 1. The summed E-state index contributed by atoms with van der Waals surface area (Å²) in [6, 6.07) is 8.61. The predicted molar refractivity (Wildman–Crippen MR) is 94.1 cm³/mol. The van der Waals surface area contributed by atoms with Gasteiger partial charge in [0.2, 0.25) is 0 Å². The number of carboxylic acid groups (broad SMARTS) is 1. The van der Waals surface area contributed by atoms with Gasteiger partial charge in [-0.2, -0.15) is 0 Å². The third kappa shape index (κ3) is 5.83. The molecule has 0 atom stereocenters. The van der Waals surface area contributed by atoms with Crippen LogP contribution in [0.5, 0.6) is 5.75 Å². The van der Waals surface area contributed by atoms with Crippen molar-refractivity contribution in [2.24, 2.45) is 0 Å². The van der Waals surface area contributed by atoms with E-state index in [0.29, 0.717) is 17.2 Å². The Morgan fingerprint density at radius 2 is 1.96 bits per heavy atom. The van der Waals surface area contributed by atoms with Gasteiger partial charge in [-0.3, -0.25) is 0 Å². The van der Waals surface area contributed by atoms with Crippen molar-refractivity contribution in [1.82, 2.24) is 4.98 Å². The normalized spacial score (nSPS) is 10.3. The number of ether oxygens (including phenoxy) is 1. The van der Waals surface area contributed by atoms with E-state index in [9.17, 15) is 18.7 Å². The van der Waals surface area contributed by atoms with E-state index in [2.05, 4.69) is 20.9 Å². The summed E-state index contributed by atoms with van der Waals surface area (Å²) in [7, 11) is 0. The van der Waals surface area contributed by atoms with Crippen molar-refractivity contribution in [2.45, 2.75) is 13.0 Å². The van der Waals surface area contributed by atoms with Crippen molar-refractivity contribution in [3.8, 4) is 5.75 Å². The van der Waals surface area contributed by atoms with E-state index < -0.39 is 17.6 Å². The molecule has 0 aliphatic rings. The predicted octanol–water partition coefficient (Wildman–Crippen LogP) is 0.721. The Hall–Kier alpha value is -1.32. The summed E-state index contributed by atoms with van der Waals surface area (Å²) >= 11 is 4.58. The molecule has 9 heteroatoms. The van der Waals surface area contributed by atoms with Gasteiger partial charge in [-0.15, -0.1) is 11.3 Å². The van der Waals surface area contributed by atoms with Crippen molar-refractivity contribution < 1.29 is 53.0 Å². The molecule has 3 rings (SSSR count). The number of nitrogens with zero attached hydrogens (tertiary/aromatic N) is 1. The summed E-state index contributed by atoms with van der Waals surface area (Å²) < 4.78 is 33.2. The number of aromatic nitrogens is 1. The molecular formula is C18H11BrF2NNaO3S. The second-order valence-electron chi connectivity index (χ2n) is 5.37. The summed E-state index contributed by atoms with van der Waals surface area (Å²) in [6.45, 7) is -0.0666. The zero-order valence-electron chi connectivity index (χ0n) is 14.2. The number of halogens is 3. The van der Waals surface area contributed by atoms with E-state index in [1.165, 1.54) is 28.8 Å². The third-order valence-electron chi connectivity index (χ3n) is 3.52. The summed E-state index contributed by atoms with van der Waals surface area (Å²) in [6.07, 6.45) is 0.346. The van der Waals surface area contributed by atoms with Gasteiger partial charge in [-0.1, -0.05) is 15.9 Å². The van der Waals surface area contributed by atoms with Crippen molar-refractivity contribution in [3.05, 3.63) is 79.7 Å². The molecule has 0 saturated heterocycles. The van der Waals surface area contributed by atoms with Crippen LogP contribution in [0.15, 0.2) is 46.3 Å². The number of carboxylic acids is 1. The number of aromatic carboxylic acids is 1. The van der Waals surface area contributed by atoms with Crippen LogP contribution in [-0.4, -0.2) is 11.0 Å².